The second-order valence-corrected chi connectivity index (χ2v) is 8.45. The van der Waals surface area contributed by atoms with Crippen LogP contribution < -0.4 is 4.90 Å². The minimum Gasteiger partial charge on any atom is -0.465 e. The number of nitrogens with zero attached hydrogens (tertiary/aromatic N) is 3. The van der Waals surface area contributed by atoms with E-state index in [0.717, 1.165) is 35.9 Å². The third-order valence-corrected chi connectivity index (χ3v) is 6.51. The summed E-state index contributed by atoms with van der Waals surface area (Å²) in [7, 11) is 0. The van der Waals surface area contributed by atoms with Crippen LogP contribution >= 0.6 is 0 Å². The van der Waals surface area contributed by atoms with Crippen molar-refractivity contribution in [3.05, 3.63) is 72.3 Å². The first-order valence-corrected chi connectivity index (χ1v) is 11.3. The maximum atomic E-state index is 13.9. The third kappa shape index (κ3) is 3.49. The molecule has 0 unspecified atom stereocenters. The molecule has 0 spiro atoms. The van der Waals surface area contributed by atoms with Gasteiger partial charge in [0.1, 0.15) is 0 Å². The highest BCUT2D eigenvalue weighted by atomic mass is 16.5. The molecule has 1 aromatic heterocycles. The van der Waals surface area contributed by atoms with E-state index in [1.54, 1.807) is 11.8 Å². The molecule has 0 saturated carbocycles. The van der Waals surface area contributed by atoms with Crippen LogP contribution in [0.15, 0.2) is 66.7 Å². The van der Waals surface area contributed by atoms with Crippen LogP contribution in [0.1, 0.15) is 37.8 Å². The van der Waals surface area contributed by atoms with Gasteiger partial charge >= 0.3 is 5.97 Å². The first-order valence-electron chi connectivity index (χ1n) is 11.3. The number of carbonyl (C=O) groups excluding carboxylic acids is 2. The first-order chi connectivity index (χ1) is 15.7. The van der Waals surface area contributed by atoms with Crippen LogP contribution in [0.25, 0.3) is 11.0 Å². The minimum absolute atomic E-state index is 0.161. The zero-order valence-corrected chi connectivity index (χ0v) is 18.2. The molecule has 164 valence electrons. The number of hydrogen-bond donors (Lipinski definition) is 0. The van der Waals surface area contributed by atoms with Crippen molar-refractivity contribution in [3.8, 4) is 0 Å². The number of amides is 1. The Bertz CT molecular complexity index is 1170. The van der Waals surface area contributed by atoms with Crippen molar-refractivity contribution in [2.75, 3.05) is 11.5 Å². The fourth-order valence-corrected chi connectivity index (χ4v) is 5.07. The number of carbonyl (C=O) groups is 2. The monoisotopic (exact) mass is 429 g/mol. The van der Waals surface area contributed by atoms with Crippen molar-refractivity contribution in [2.24, 2.45) is 11.8 Å². The Labute approximate surface area is 187 Å². The van der Waals surface area contributed by atoms with E-state index < -0.39 is 11.9 Å². The summed E-state index contributed by atoms with van der Waals surface area (Å²) in [6.07, 6.45) is 7.04. The summed E-state index contributed by atoms with van der Waals surface area (Å²) >= 11 is 0. The lowest BCUT2D eigenvalue weighted by atomic mass is 9.79. The highest BCUT2D eigenvalue weighted by molar-refractivity contribution is 6.08. The Morgan fingerprint density at radius 1 is 1.09 bits per heavy atom. The number of rotatable bonds is 5. The van der Waals surface area contributed by atoms with E-state index in [1.807, 2.05) is 54.6 Å². The van der Waals surface area contributed by atoms with Gasteiger partial charge in [-0.3, -0.25) is 14.5 Å². The standard InChI is InChI=1S/C26H27N3O3/c1-2-32-25(31)22-23(19-13-7-4-8-14-19)29-21-16-10-9-15-20(21)27-26(29)28(24(22)30)17-18-11-5-3-6-12-18/h3-7,9-12,15-16,19,22-23H,2,8,13-14,17H2,1H3/t19-,22-,23+/m1/s1. The summed E-state index contributed by atoms with van der Waals surface area (Å²) in [5.74, 6) is -0.790. The lowest BCUT2D eigenvalue weighted by Gasteiger charge is -2.41. The molecule has 3 atom stereocenters. The number of ether oxygens (including phenoxy) is 1. The van der Waals surface area contributed by atoms with Gasteiger partial charge in [-0.05, 0) is 49.8 Å². The van der Waals surface area contributed by atoms with Crippen LogP contribution in [0.4, 0.5) is 5.95 Å². The molecule has 0 N–H and O–H groups in total. The van der Waals surface area contributed by atoms with Gasteiger partial charge in [0.15, 0.2) is 5.92 Å². The van der Waals surface area contributed by atoms with Crippen LogP contribution in [-0.4, -0.2) is 28.0 Å². The predicted octanol–water partition coefficient (Wildman–Crippen LogP) is 4.66. The van der Waals surface area contributed by atoms with Gasteiger partial charge in [-0.1, -0.05) is 54.6 Å². The summed E-state index contributed by atoms with van der Waals surface area (Å²) in [5.41, 5.74) is 2.76. The van der Waals surface area contributed by atoms with Crippen LogP contribution in [0.3, 0.4) is 0 Å². The minimum atomic E-state index is -0.889. The summed E-state index contributed by atoms with van der Waals surface area (Å²) in [6, 6.07) is 17.4. The molecule has 0 fully saturated rings. The van der Waals surface area contributed by atoms with Gasteiger partial charge < -0.3 is 9.30 Å². The summed E-state index contributed by atoms with van der Waals surface area (Å²) in [5, 5.41) is 0. The second-order valence-electron chi connectivity index (χ2n) is 8.45. The molecule has 6 nitrogen and oxygen atoms in total. The Morgan fingerprint density at radius 2 is 1.88 bits per heavy atom. The number of para-hydroxylation sites is 2. The Balaban J connectivity index is 1.69. The van der Waals surface area contributed by atoms with E-state index in [0.29, 0.717) is 12.5 Å². The van der Waals surface area contributed by atoms with E-state index in [-0.39, 0.29) is 24.5 Å². The summed E-state index contributed by atoms with van der Waals surface area (Å²) < 4.78 is 7.57. The SMILES string of the molecule is CCOC(=O)[C@H]1C(=O)N(Cc2ccccc2)c2nc3ccccc3n2[C@H]1[C@@H]1CC=CCC1. The molecule has 5 rings (SSSR count). The smallest absolute Gasteiger partial charge is 0.320 e. The van der Waals surface area contributed by atoms with Gasteiger partial charge in [-0.2, -0.15) is 0 Å². The van der Waals surface area contributed by atoms with E-state index in [9.17, 15) is 9.59 Å². The van der Waals surface area contributed by atoms with E-state index in [1.165, 1.54) is 0 Å². The molecular formula is C26H27N3O3. The number of anilines is 1. The van der Waals surface area contributed by atoms with Crippen molar-refractivity contribution in [2.45, 2.75) is 38.8 Å². The van der Waals surface area contributed by atoms with Gasteiger partial charge in [0.25, 0.3) is 0 Å². The number of fused-ring (bicyclic) bond motifs is 3. The molecule has 2 aliphatic rings. The molecule has 0 saturated heterocycles. The van der Waals surface area contributed by atoms with Gasteiger partial charge in [0.2, 0.25) is 11.9 Å². The summed E-state index contributed by atoms with van der Waals surface area (Å²) in [4.78, 5) is 33.6. The number of imidazole rings is 1. The third-order valence-electron chi connectivity index (χ3n) is 6.51. The molecule has 1 amide bonds. The lowest BCUT2D eigenvalue weighted by Crippen LogP contribution is -2.51. The van der Waals surface area contributed by atoms with Crippen molar-refractivity contribution in [1.82, 2.24) is 9.55 Å². The van der Waals surface area contributed by atoms with Crippen LogP contribution in [-0.2, 0) is 20.9 Å². The van der Waals surface area contributed by atoms with Crippen molar-refractivity contribution in [3.63, 3.8) is 0 Å². The molecule has 0 bridgehead atoms. The summed E-state index contributed by atoms with van der Waals surface area (Å²) in [6.45, 7) is 2.38. The molecule has 0 radical (unpaired) electrons. The quantitative estimate of drug-likeness (QED) is 0.336. The van der Waals surface area contributed by atoms with Gasteiger partial charge in [0.05, 0.1) is 30.2 Å². The fourth-order valence-electron chi connectivity index (χ4n) is 5.07. The van der Waals surface area contributed by atoms with Crippen LogP contribution in [0, 0.1) is 11.8 Å². The topological polar surface area (TPSA) is 64.4 Å². The average molecular weight is 430 g/mol. The molecule has 2 aromatic carbocycles. The van der Waals surface area contributed by atoms with Crippen molar-refractivity contribution in [1.29, 1.82) is 0 Å². The average Bonchev–Trinajstić information content (AvgIpc) is 3.21. The molecule has 1 aliphatic carbocycles. The van der Waals surface area contributed by atoms with Crippen LogP contribution in [0.5, 0.6) is 0 Å². The van der Waals surface area contributed by atoms with Gasteiger partial charge in [-0.25, -0.2) is 4.98 Å². The second kappa shape index (κ2) is 8.61. The number of benzene rings is 2. The van der Waals surface area contributed by atoms with Crippen molar-refractivity contribution >= 4 is 28.9 Å². The Kier molecular flexibility index (Phi) is 5.52. The van der Waals surface area contributed by atoms with Crippen LogP contribution in [0.2, 0.25) is 0 Å². The molecule has 32 heavy (non-hydrogen) atoms. The molecule has 6 heteroatoms. The number of hydrogen-bond acceptors (Lipinski definition) is 4. The normalized spacial score (nSPS) is 22.7. The number of aromatic nitrogens is 2. The van der Waals surface area contributed by atoms with Gasteiger partial charge in [0, 0.05) is 0 Å². The zero-order chi connectivity index (χ0) is 22.1. The largest absolute Gasteiger partial charge is 0.465 e. The van der Waals surface area contributed by atoms with E-state index in [2.05, 4.69) is 16.7 Å². The molecule has 3 aromatic rings. The zero-order valence-electron chi connectivity index (χ0n) is 18.2. The number of esters is 1. The first kappa shape index (κ1) is 20.5. The van der Waals surface area contributed by atoms with Gasteiger partial charge in [-0.15, -0.1) is 0 Å². The molecular weight excluding hydrogens is 402 g/mol. The maximum Gasteiger partial charge on any atom is 0.320 e. The number of allylic oxidation sites excluding steroid dienone is 2. The van der Waals surface area contributed by atoms with E-state index in [4.69, 9.17) is 9.72 Å². The lowest BCUT2D eigenvalue weighted by molar-refractivity contribution is -0.155. The molecule has 2 heterocycles. The fraction of sp³-hybridized carbons (Fsp3) is 0.346. The highest BCUT2D eigenvalue weighted by Crippen LogP contribution is 2.45. The van der Waals surface area contributed by atoms with E-state index >= 15 is 0 Å². The van der Waals surface area contributed by atoms with Crippen molar-refractivity contribution < 1.29 is 14.3 Å². The maximum absolute atomic E-state index is 13.9. The highest BCUT2D eigenvalue weighted by Gasteiger charge is 2.49. The predicted molar refractivity (Wildman–Crippen MR) is 123 cm³/mol. The molecule has 1 aliphatic heterocycles. The Hall–Kier alpha value is -3.41. The Morgan fingerprint density at radius 3 is 2.62 bits per heavy atom.